The van der Waals surface area contributed by atoms with Crippen molar-refractivity contribution in [2.24, 2.45) is 0 Å². The molecule has 0 spiro atoms. The van der Waals surface area contributed by atoms with Crippen LogP contribution in [0.25, 0.3) is 0 Å². The lowest BCUT2D eigenvalue weighted by Crippen LogP contribution is -3.00. The first-order chi connectivity index (χ1) is 5.20. The molecule has 4 heteroatoms. The monoisotopic (exact) mass is 193 g/mol. The van der Waals surface area contributed by atoms with E-state index >= 15 is 0 Å². The van der Waals surface area contributed by atoms with Gasteiger partial charge in [-0.05, 0) is 13.1 Å². The molecule has 72 valence electrons. The third-order valence-corrected chi connectivity index (χ3v) is 1.52. The summed E-state index contributed by atoms with van der Waals surface area (Å²) < 4.78 is 0. The van der Waals surface area contributed by atoms with Crippen LogP contribution in [0.4, 0.5) is 0 Å². The Kier molecular flexibility index (Phi) is 9.99. The molecule has 0 bridgehead atoms. The Hall–Kier alpha value is -0.540. The van der Waals surface area contributed by atoms with E-state index in [2.05, 4.69) is 18.7 Å². The summed E-state index contributed by atoms with van der Waals surface area (Å²) >= 11 is 0. The van der Waals surface area contributed by atoms with Crippen molar-refractivity contribution in [3.63, 3.8) is 0 Å². The molecule has 0 atom stereocenters. The average Bonchev–Trinajstić information content (AvgIpc) is 1.98. The van der Waals surface area contributed by atoms with E-state index in [9.17, 15) is 4.79 Å². The molecular formula is C8H16ClNO2. The summed E-state index contributed by atoms with van der Waals surface area (Å²) in [6.07, 6.45) is 2.84. The van der Waals surface area contributed by atoms with Crippen LogP contribution < -0.4 is 12.4 Å². The van der Waals surface area contributed by atoms with Crippen molar-refractivity contribution in [3.8, 4) is 0 Å². The Morgan fingerprint density at radius 3 is 2.33 bits per heavy atom. The predicted molar refractivity (Wildman–Crippen MR) is 45.7 cm³/mol. The SMILES string of the molecule is CCN(CC)C/C=C/C(=O)O.[Cl-].[H+]. The lowest BCUT2D eigenvalue weighted by molar-refractivity contribution is -0.131. The van der Waals surface area contributed by atoms with Crippen molar-refractivity contribution in [1.29, 1.82) is 0 Å². The molecule has 0 aliphatic carbocycles. The van der Waals surface area contributed by atoms with Gasteiger partial charge in [-0.3, -0.25) is 0 Å². The smallest absolute Gasteiger partial charge is 1.00 e. The number of halogens is 1. The Morgan fingerprint density at radius 2 is 2.00 bits per heavy atom. The highest BCUT2D eigenvalue weighted by atomic mass is 35.5. The van der Waals surface area contributed by atoms with Gasteiger partial charge >= 0.3 is 7.40 Å². The zero-order valence-electron chi connectivity index (χ0n) is 8.46. The van der Waals surface area contributed by atoms with Crippen LogP contribution in [0.1, 0.15) is 15.3 Å². The summed E-state index contributed by atoms with van der Waals surface area (Å²) in [5.74, 6) is -0.878. The third kappa shape index (κ3) is 7.57. The molecule has 0 aliphatic heterocycles. The predicted octanol–water partition coefficient (Wildman–Crippen LogP) is -1.91. The number of carbonyl (C=O) groups is 1. The summed E-state index contributed by atoms with van der Waals surface area (Å²) in [4.78, 5) is 12.2. The molecule has 0 radical (unpaired) electrons. The highest BCUT2D eigenvalue weighted by molar-refractivity contribution is 5.79. The van der Waals surface area contributed by atoms with E-state index in [0.717, 1.165) is 19.6 Å². The molecule has 1 N–H and O–H groups in total. The molecule has 0 rings (SSSR count). The summed E-state index contributed by atoms with van der Waals surface area (Å²) in [5, 5.41) is 8.27. The Labute approximate surface area is 81.0 Å². The fraction of sp³-hybridized carbons (Fsp3) is 0.625. The molecule has 3 nitrogen and oxygen atoms in total. The van der Waals surface area contributed by atoms with Gasteiger partial charge in [0.25, 0.3) is 0 Å². The van der Waals surface area contributed by atoms with E-state index in [1.807, 2.05) is 0 Å². The van der Waals surface area contributed by atoms with Crippen LogP contribution in [0.2, 0.25) is 0 Å². The van der Waals surface area contributed by atoms with Crippen LogP contribution in [0.5, 0.6) is 0 Å². The second kappa shape index (κ2) is 8.56. The van der Waals surface area contributed by atoms with E-state index in [1.54, 1.807) is 6.08 Å². The van der Waals surface area contributed by atoms with Crippen LogP contribution in [0, 0.1) is 0 Å². The number of aliphatic carboxylic acids is 1. The summed E-state index contributed by atoms with van der Waals surface area (Å²) in [6, 6.07) is 0. The molecule has 0 fully saturated rings. The van der Waals surface area contributed by atoms with Gasteiger partial charge in [0.2, 0.25) is 0 Å². The zero-order valence-corrected chi connectivity index (χ0v) is 8.21. The van der Waals surface area contributed by atoms with Gasteiger partial charge < -0.3 is 22.4 Å². The van der Waals surface area contributed by atoms with Crippen LogP contribution in [0.15, 0.2) is 12.2 Å². The van der Waals surface area contributed by atoms with Gasteiger partial charge in [-0.1, -0.05) is 19.9 Å². The largest absolute Gasteiger partial charge is 1.00 e. The molecule has 12 heavy (non-hydrogen) atoms. The molecule has 0 aromatic heterocycles. The number of rotatable bonds is 5. The minimum Gasteiger partial charge on any atom is -1.00 e. The maximum absolute atomic E-state index is 10.1. The third-order valence-electron chi connectivity index (χ3n) is 1.52. The van der Waals surface area contributed by atoms with E-state index in [-0.39, 0.29) is 13.8 Å². The highest BCUT2D eigenvalue weighted by Gasteiger charge is 1.94. The normalized spacial score (nSPS) is 10.2. The quantitative estimate of drug-likeness (QED) is 0.518. The maximum Gasteiger partial charge on any atom is 1.00 e. The first kappa shape index (κ1) is 14.0. The molecule has 0 aliphatic rings. The lowest BCUT2D eigenvalue weighted by Gasteiger charge is -2.14. The van der Waals surface area contributed by atoms with Crippen LogP contribution in [0.3, 0.4) is 0 Å². The van der Waals surface area contributed by atoms with E-state index in [0.29, 0.717) is 0 Å². The summed E-state index contributed by atoms with van der Waals surface area (Å²) in [6.45, 7) is 6.75. The van der Waals surface area contributed by atoms with Gasteiger partial charge in [0, 0.05) is 12.6 Å². The summed E-state index contributed by atoms with van der Waals surface area (Å²) in [7, 11) is 0. The number of carboxylic acid groups (broad SMARTS) is 1. The first-order valence-electron chi connectivity index (χ1n) is 3.82. The van der Waals surface area contributed by atoms with Crippen molar-refractivity contribution in [1.82, 2.24) is 4.90 Å². The van der Waals surface area contributed by atoms with Crippen molar-refractivity contribution in [2.75, 3.05) is 19.6 Å². The second-order valence-electron chi connectivity index (χ2n) is 2.23. The molecule has 0 saturated heterocycles. The molecule has 0 heterocycles. The number of carboxylic acids is 1. The van der Waals surface area contributed by atoms with Crippen LogP contribution in [-0.4, -0.2) is 35.6 Å². The lowest BCUT2D eigenvalue weighted by atomic mass is 10.4. The van der Waals surface area contributed by atoms with Crippen molar-refractivity contribution in [2.45, 2.75) is 13.8 Å². The first-order valence-corrected chi connectivity index (χ1v) is 3.82. The van der Waals surface area contributed by atoms with Crippen molar-refractivity contribution in [3.05, 3.63) is 12.2 Å². The van der Waals surface area contributed by atoms with Crippen LogP contribution >= 0.6 is 0 Å². The van der Waals surface area contributed by atoms with Gasteiger partial charge in [0.1, 0.15) is 0 Å². The molecule has 0 amide bonds. The topological polar surface area (TPSA) is 40.5 Å². The van der Waals surface area contributed by atoms with Crippen molar-refractivity contribution >= 4 is 5.97 Å². The molecule has 0 unspecified atom stereocenters. The second-order valence-corrected chi connectivity index (χ2v) is 2.23. The zero-order chi connectivity index (χ0) is 8.69. The number of likely N-dealkylation sites (N-methyl/N-ethyl adjacent to an activating group) is 1. The molecule has 0 aromatic rings. The Bertz CT molecular complexity index is 149. The van der Waals surface area contributed by atoms with E-state index in [1.165, 1.54) is 6.08 Å². The standard InChI is InChI=1S/C8H15NO2.ClH/c1-3-9(4-2)7-5-6-8(10)11;/h5-6H,3-4,7H2,1-2H3,(H,10,11);1H/b6-5+;. The van der Waals surface area contributed by atoms with Gasteiger partial charge in [-0.2, -0.15) is 0 Å². The van der Waals surface area contributed by atoms with Crippen molar-refractivity contribution < 1.29 is 23.7 Å². The number of nitrogens with zero attached hydrogens (tertiary/aromatic N) is 1. The average molecular weight is 194 g/mol. The fourth-order valence-electron chi connectivity index (χ4n) is 0.784. The van der Waals surface area contributed by atoms with Crippen LogP contribution in [-0.2, 0) is 4.79 Å². The van der Waals surface area contributed by atoms with Gasteiger partial charge in [-0.15, -0.1) is 0 Å². The fourth-order valence-corrected chi connectivity index (χ4v) is 0.784. The number of hydrogen-bond donors (Lipinski definition) is 1. The Balaban J connectivity index is -0.000000500. The van der Waals surface area contributed by atoms with Gasteiger partial charge in [0.05, 0.1) is 0 Å². The molecule has 0 aromatic carbocycles. The van der Waals surface area contributed by atoms with Gasteiger partial charge in [0.15, 0.2) is 0 Å². The minimum absolute atomic E-state index is 0. The minimum atomic E-state index is -0.878. The number of hydrogen-bond acceptors (Lipinski definition) is 2. The molecular weight excluding hydrogens is 178 g/mol. The molecule has 0 saturated carbocycles. The van der Waals surface area contributed by atoms with Gasteiger partial charge in [-0.25, -0.2) is 4.79 Å². The van der Waals surface area contributed by atoms with E-state index < -0.39 is 5.97 Å². The summed E-state index contributed by atoms with van der Waals surface area (Å²) in [5.41, 5.74) is 0. The van der Waals surface area contributed by atoms with E-state index in [4.69, 9.17) is 5.11 Å². The maximum atomic E-state index is 10.1. The Morgan fingerprint density at radius 1 is 1.50 bits per heavy atom. The highest BCUT2D eigenvalue weighted by Crippen LogP contribution is 1.86.